The summed E-state index contributed by atoms with van der Waals surface area (Å²) in [6.07, 6.45) is 0. The van der Waals surface area contributed by atoms with Gasteiger partial charge >= 0.3 is 0 Å². The fraction of sp³-hybridized carbons (Fsp3) is 0.292. The number of carbonyl (C=O) groups excluding carboxylic acids is 2. The number of sulfonamides is 1. The number of nitrogens with zero attached hydrogens (tertiary/aromatic N) is 3. The third-order valence-electron chi connectivity index (χ3n) is 5.65. The highest BCUT2D eigenvalue weighted by Gasteiger charge is 2.29. The molecule has 1 aromatic heterocycles. The van der Waals surface area contributed by atoms with Crippen molar-refractivity contribution >= 4 is 38.2 Å². The molecular formula is C24H26N4O4S2. The Bertz CT molecular complexity index is 1300. The van der Waals surface area contributed by atoms with Crippen LogP contribution in [0.5, 0.6) is 0 Å². The smallest absolute Gasteiger partial charge is 0.257 e. The normalized spacial score (nSPS) is 15.2. The third kappa shape index (κ3) is 5.41. The van der Waals surface area contributed by atoms with E-state index in [4.69, 9.17) is 0 Å². The topological polar surface area (TPSA) is 99.7 Å². The molecule has 1 aliphatic heterocycles. The van der Waals surface area contributed by atoms with E-state index in [1.54, 1.807) is 19.1 Å². The number of hydrogen-bond acceptors (Lipinski definition) is 7. The van der Waals surface area contributed by atoms with Crippen LogP contribution in [0.15, 0.2) is 59.5 Å². The van der Waals surface area contributed by atoms with Crippen molar-refractivity contribution in [3.63, 3.8) is 0 Å². The fourth-order valence-corrected chi connectivity index (χ4v) is 6.19. The molecule has 1 amide bonds. The number of thiazole rings is 1. The van der Waals surface area contributed by atoms with Gasteiger partial charge in [0.25, 0.3) is 5.91 Å². The average molecular weight is 499 g/mol. The molecule has 4 rings (SSSR count). The van der Waals surface area contributed by atoms with Crippen LogP contribution < -0.4 is 5.32 Å². The molecule has 0 saturated carbocycles. The molecule has 1 saturated heterocycles. The van der Waals surface area contributed by atoms with Crippen molar-refractivity contribution in [2.75, 3.05) is 31.5 Å². The molecule has 0 atom stereocenters. The number of anilines is 1. The van der Waals surface area contributed by atoms with Gasteiger partial charge in [0.15, 0.2) is 10.9 Å². The Morgan fingerprint density at radius 3 is 2.38 bits per heavy atom. The predicted octanol–water partition coefficient (Wildman–Crippen LogP) is 3.41. The van der Waals surface area contributed by atoms with Crippen LogP contribution in [-0.2, 0) is 16.6 Å². The second kappa shape index (κ2) is 10.1. The van der Waals surface area contributed by atoms with Gasteiger partial charge in [0.05, 0.1) is 15.5 Å². The number of aromatic nitrogens is 1. The van der Waals surface area contributed by atoms with Gasteiger partial charge in [-0.15, -0.1) is 0 Å². The van der Waals surface area contributed by atoms with Crippen LogP contribution >= 0.6 is 11.3 Å². The maximum Gasteiger partial charge on any atom is 0.257 e. The van der Waals surface area contributed by atoms with Crippen LogP contribution in [-0.4, -0.2) is 60.5 Å². The second-order valence-electron chi connectivity index (χ2n) is 8.14. The van der Waals surface area contributed by atoms with E-state index in [1.807, 2.05) is 18.2 Å². The quantitative estimate of drug-likeness (QED) is 0.501. The standard InChI is InChI=1S/C24H26N4O4S2/c1-17-22(18(2)29)33-24(25-17)26-23(30)20-9-6-10-21(15-20)34(31,32)28-13-11-27(12-14-28)16-19-7-4-3-5-8-19/h3-10,15H,11-14,16H2,1-2H3,(H,25,26,30). The number of hydrogen-bond donors (Lipinski definition) is 1. The number of nitrogens with one attached hydrogen (secondary N) is 1. The summed E-state index contributed by atoms with van der Waals surface area (Å²) in [5.74, 6) is -0.596. The summed E-state index contributed by atoms with van der Waals surface area (Å²) in [4.78, 5) is 31.4. The first-order valence-corrected chi connectivity index (χ1v) is 13.2. The molecule has 8 nitrogen and oxygen atoms in total. The lowest BCUT2D eigenvalue weighted by atomic mass is 10.2. The molecule has 0 aliphatic carbocycles. The van der Waals surface area contributed by atoms with Crippen LogP contribution in [0.3, 0.4) is 0 Å². The summed E-state index contributed by atoms with van der Waals surface area (Å²) < 4.78 is 27.9. The lowest BCUT2D eigenvalue weighted by Gasteiger charge is -2.34. The number of ketones is 1. The van der Waals surface area contributed by atoms with Gasteiger partial charge in [-0.2, -0.15) is 4.31 Å². The molecule has 10 heteroatoms. The summed E-state index contributed by atoms with van der Waals surface area (Å²) in [6.45, 7) is 5.98. The van der Waals surface area contributed by atoms with Crippen molar-refractivity contribution in [2.24, 2.45) is 0 Å². The van der Waals surface area contributed by atoms with Gasteiger partial charge in [-0.1, -0.05) is 47.7 Å². The summed E-state index contributed by atoms with van der Waals surface area (Å²) in [6, 6.07) is 16.1. The van der Waals surface area contributed by atoms with E-state index in [1.165, 1.54) is 28.9 Å². The summed E-state index contributed by atoms with van der Waals surface area (Å²) in [7, 11) is -3.73. The molecule has 0 spiro atoms. The van der Waals surface area contributed by atoms with E-state index < -0.39 is 15.9 Å². The van der Waals surface area contributed by atoms with Crippen LogP contribution in [0.1, 0.15) is 38.2 Å². The van der Waals surface area contributed by atoms with Gasteiger partial charge in [0, 0.05) is 45.2 Å². The first-order valence-electron chi connectivity index (χ1n) is 10.9. The van der Waals surface area contributed by atoms with Crippen molar-refractivity contribution in [2.45, 2.75) is 25.3 Å². The number of rotatable bonds is 7. The third-order valence-corrected chi connectivity index (χ3v) is 8.72. The summed E-state index contributed by atoms with van der Waals surface area (Å²) >= 11 is 1.10. The Morgan fingerprint density at radius 1 is 1.03 bits per heavy atom. The van der Waals surface area contributed by atoms with Gasteiger partial charge < -0.3 is 0 Å². The first kappa shape index (κ1) is 24.2. The first-order chi connectivity index (χ1) is 16.2. The van der Waals surface area contributed by atoms with Crippen molar-refractivity contribution in [3.8, 4) is 0 Å². The highest BCUT2D eigenvalue weighted by Crippen LogP contribution is 2.24. The molecular weight excluding hydrogens is 472 g/mol. The minimum absolute atomic E-state index is 0.0800. The molecule has 1 N–H and O–H groups in total. The highest BCUT2D eigenvalue weighted by atomic mass is 32.2. The van der Waals surface area contributed by atoms with E-state index in [9.17, 15) is 18.0 Å². The number of benzene rings is 2. The van der Waals surface area contributed by atoms with Crippen LogP contribution in [0.25, 0.3) is 0 Å². The highest BCUT2D eigenvalue weighted by molar-refractivity contribution is 7.89. The van der Waals surface area contributed by atoms with Crippen molar-refractivity contribution in [3.05, 3.63) is 76.3 Å². The van der Waals surface area contributed by atoms with Crippen molar-refractivity contribution in [1.82, 2.24) is 14.2 Å². The molecule has 178 valence electrons. The number of Topliss-reactive ketones (excluding diaryl/α,β-unsaturated/α-hetero) is 1. The van der Waals surface area contributed by atoms with Gasteiger partial charge in [-0.3, -0.25) is 19.8 Å². The van der Waals surface area contributed by atoms with Crippen LogP contribution in [0.2, 0.25) is 0 Å². The number of piperazine rings is 1. The van der Waals surface area contributed by atoms with Crippen molar-refractivity contribution < 1.29 is 18.0 Å². The largest absolute Gasteiger partial charge is 0.298 e. The Kier molecular flexibility index (Phi) is 7.22. The van der Waals surface area contributed by atoms with Crippen molar-refractivity contribution in [1.29, 1.82) is 0 Å². The minimum Gasteiger partial charge on any atom is -0.298 e. The van der Waals surface area contributed by atoms with Crippen LogP contribution in [0.4, 0.5) is 5.13 Å². The Labute approximate surface area is 203 Å². The summed E-state index contributed by atoms with van der Waals surface area (Å²) in [5.41, 5.74) is 1.96. The molecule has 2 heterocycles. The molecule has 1 aliphatic rings. The number of carbonyl (C=O) groups is 2. The number of aryl methyl sites for hydroxylation is 1. The monoisotopic (exact) mass is 498 g/mol. The van der Waals surface area contributed by atoms with Gasteiger partial charge in [-0.05, 0) is 30.7 Å². The van der Waals surface area contributed by atoms with E-state index in [0.29, 0.717) is 41.9 Å². The van der Waals surface area contributed by atoms with Gasteiger partial charge in [-0.25, -0.2) is 13.4 Å². The zero-order chi connectivity index (χ0) is 24.3. The van der Waals surface area contributed by atoms with E-state index in [-0.39, 0.29) is 16.2 Å². The molecule has 0 bridgehead atoms. The lowest BCUT2D eigenvalue weighted by Crippen LogP contribution is -2.48. The average Bonchev–Trinajstić information content (AvgIpc) is 3.20. The molecule has 2 aromatic carbocycles. The van der Waals surface area contributed by atoms with E-state index >= 15 is 0 Å². The maximum absolute atomic E-state index is 13.2. The summed E-state index contributed by atoms with van der Waals surface area (Å²) in [5, 5.41) is 2.96. The molecule has 34 heavy (non-hydrogen) atoms. The zero-order valence-electron chi connectivity index (χ0n) is 19.0. The fourth-order valence-electron chi connectivity index (χ4n) is 3.86. The molecule has 1 fully saturated rings. The van der Waals surface area contributed by atoms with E-state index in [0.717, 1.165) is 17.9 Å². The second-order valence-corrected chi connectivity index (χ2v) is 11.1. The minimum atomic E-state index is -3.73. The molecule has 0 radical (unpaired) electrons. The zero-order valence-corrected chi connectivity index (χ0v) is 20.7. The van der Waals surface area contributed by atoms with Gasteiger partial charge in [0.1, 0.15) is 0 Å². The number of amides is 1. The Morgan fingerprint density at radius 2 is 1.74 bits per heavy atom. The van der Waals surface area contributed by atoms with E-state index in [2.05, 4.69) is 27.3 Å². The molecule has 0 unspecified atom stereocenters. The van der Waals surface area contributed by atoms with Crippen LogP contribution in [0, 0.1) is 6.92 Å². The molecule has 3 aromatic rings. The lowest BCUT2D eigenvalue weighted by molar-refractivity contribution is 0.101. The SMILES string of the molecule is CC(=O)c1sc(NC(=O)c2cccc(S(=O)(=O)N3CCN(Cc4ccccc4)CC3)c2)nc1C. The Balaban J connectivity index is 1.42. The van der Waals surface area contributed by atoms with Gasteiger partial charge in [0.2, 0.25) is 10.0 Å². The predicted molar refractivity (Wildman–Crippen MR) is 132 cm³/mol. The maximum atomic E-state index is 13.2. The Hall–Kier alpha value is -2.92.